The molecule has 0 aliphatic rings. The summed E-state index contributed by atoms with van der Waals surface area (Å²) in [6.45, 7) is 4.57. The van der Waals surface area contributed by atoms with Gasteiger partial charge in [-0.15, -0.1) is 5.10 Å². The molecule has 1 aromatic carbocycles. The van der Waals surface area contributed by atoms with Crippen LogP contribution in [0.15, 0.2) is 24.4 Å². The summed E-state index contributed by atoms with van der Waals surface area (Å²) in [6.07, 6.45) is 1.71. The highest BCUT2D eigenvalue weighted by molar-refractivity contribution is 5.68. The Morgan fingerprint density at radius 3 is 2.81 bits per heavy atom. The van der Waals surface area contributed by atoms with Crippen LogP contribution in [-0.2, 0) is 18.4 Å². The Morgan fingerprint density at radius 2 is 2.19 bits per heavy atom. The Balaban J connectivity index is 2.20. The number of aliphatic carboxylic acids is 1. The second kappa shape index (κ2) is 6.49. The first-order chi connectivity index (χ1) is 9.99. The molecule has 0 saturated carbocycles. The Morgan fingerprint density at radius 1 is 1.43 bits per heavy atom. The van der Waals surface area contributed by atoms with Crippen LogP contribution in [0, 0.1) is 13.8 Å². The molecule has 0 radical (unpaired) electrons. The van der Waals surface area contributed by atoms with Crippen LogP contribution in [0.5, 0.6) is 0 Å². The monoisotopic (exact) mass is 288 g/mol. The first-order valence-corrected chi connectivity index (χ1v) is 6.84. The summed E-state index contributed by atoms with van der Waals surface area (Å²) in [5, 5.41) is 20.1. The zero-order valence-corrected chi connectivity index (χ0v) is 12.5. The molecular weight excluding hydrogens is 268 g/mol. The summed E-state index contributed by atoms with van der Waals surface area (Å²) in [5.74, 6) is -0.823. The van der Waals surface area contributed by atoms with Gasteiger partial charge in [-0.25, -0.2) is 0 Å². The van der Waals surface area contributed by atoms with E-state index in [-0.39, 0.29) is 12.5 Å². The minimum atomic E-state index is -0.823. The minimum Gasteiger partial charge on any atom is -0.481 e. The maximum Gasteiger partial charge on any atom is 0.305 e. The summed E-state index contributed by atoms with van der Waals surface area (Å²) < 4.78 is 1.67. The number of hydrogen-bond donors (Lipinski definition) is 2. The number of carbonyl (C=O) groups is 1. The normalized spacial score (nSPS) is 12.3. The van der Waals surface area contributed by atoms with Gasteiger partial charge in [-0.1, -0.05) is 23.4 Å². The van der Waals surface area contributed by atoms with E-state index in [0.717, 1.165) is 22.4 Å². The van der Waals surface area contributed by atoms with Gasteiger partial charge in [0.1, 0.15) is 0 Å². The Labute approximate surface area is 123 Å². The number of aryl methyl sites for hydroxylation is 2. The van der Waals surface area contributed by atoms with E-state index < -0.39 is 5.97 Å². The highest BCUT2D eigenvalue weighted by Crippen LogP contribution is 2.23. The molecule has 6 nitrogen and oxygen atoms in total. The Kier molecular flexibility index (Phi) is 4.70. The molecule has 0 amide bonds. The second-order valence-electron chi connectivity index (χ2n) is 5.17. The number of nitrogens with zero attached hydrogens (tertiary/aromatic N) is 3. The smallest absolute Gasteiger partial charge is 0.305 e. The largest absolute Gasteiger partial charge is 0.481 e. The second-order valence-corrected chi connectivity index (χ2v) is 5.17. The van der Waals surface area contributed by atoms with Gasteiger partial charge in [-0.05, 0) is 30.5 Å². The molecule has 2 N–H and O–H groups in total. The molecule has 1 aromatic heterocycles. The highest BCUT2D eigenvalue weighted by atomic mass is 16.4. The van der Waals surface area contributed by atoms with Crippen LogP contribution in [-0.4, -0.2) is 26.1 Å². The lowest BCUT2D eigenvalue weighted by Gasteiger charge is -2.20. The zero-order chi connectivity index (χ0) is 15.4. The van der Waals surface area contributed by atoms with Crippen LogP contribution in [0.1, 0.15) is 34.8 Å². The van der Waals surface area contributed by atoms with E-state index in [1.807, 2.05) is 39.1 Å². The molecular formula is C15H20N4O2. The SMILES string of the molecule is Cc1cccc([C@@H](CC(=O)O)NCc2cnnn2C)c1C. The predicted octanol–water partition coefficient (Wildman–Crippen LogP) is 1.74. The lowest BCUT2D eigenvalue weighted by atomic mass is 9.95. The van der Waals surface area contributed by atoms with E-state index in [1.54, 1.807) is 10.9 Å². The van der Waals surface area contributed by atoms with Crippen molar-refractivity contribution in [2.24, 2.45) is 7.05 Å². The molecule has 0 aliphatic carbocycles. The van der Waals surface area contributed by atoms with Gasteiger partial charge in [0, 0.05) is 19.6 Å². The van der Waals surface area contributed by atoms with E-state index in [9.17, 15) is 4.79 Å². The first kappa shape index (κ1) is 15.2. The highest BCUT2D eigenvalue weighted by Gasteiger charge is 2.18. The van der Waals surface area contributed by atoms with E-state index in [0.29, 0.717) is 6.54 Å². The molecule has 0 spiro atoms. The first-order valence-electron chi connectivity index (χ1n) is 6.84. The molecule has 6 heteroatoms. The van der Waals surface area contributed by atoms with E-state index in [4.69, 9.17) is 5.11 Å². The summed E-state index contributed by atoms with van der Waals surface area (Å²) in [5.41, 5.74) is 4.22. The summed E-state index contributed by atoms with van der Waals surface area (Å²) in [6, 6.07) is 5.73. The van der Waals surface area contributed by atoms with E-state index in [2.05, 4.69) is 15.6 Å². The fourth-order valence-corrected chi connectivity index (χ4v) is 2.32. The van der Waals surface area contributed by atoms with Gasteiger partial charge in [-0.3, -0.25) is 9.48 Å². The quantitative estimate of drug-likeness (QED) is 0.846. The van der Waals surface area contributed by atoms with Crippen molar-refractivity contribution in [3.8, 4) is 0 Å². The van der Waals surface area contributed by atoms with Crippen molar-refractivity contribution in [1.29, 1.82) is 0 Å². The van der Waals surface area contributed by atoms with E-state index in [1.165, 1.54) is 0 Å². The average Bonchev–Trinajstić information content (AvgIpc) is 2.83. The molecule has 2 rings (SSSR count). The van der Waals surface area contributed by atoms with Crippen LogP contribution in [0.4, 0.5) is 0 Å². The zero-order valence-electron chi connectivity index (χ0n) is 12.5. The summed E-state index contributed by atoms with van der Waals surface area (Å²) in [4.78, 5) is 11.1. The predicted molar refractivity (Wildman–Crippen MR) is 78.8 cm³/mol. The number of benzene rings is 1. The number of rotatable bonds is 6. The topological polar surface area (TPSA) is 80.0 Å². The fraction of sp³-hybridized carbons (Fsp3) is 0.400. The van der Waals surface area contributed by atoms with Crippen molar-refractivity contribution < 1.29 is 9.90 Å². The fourth-order valence-electron chi connectivity index (χ4n) is 2.32. The van der Waals surface area contributed by atoms with Gasteiger partial charge in [0.25, 0.3) is 0 Å². The van der Waals surface area contributed by atoms with Crippen LogP contribution in [0.2, 0.25) is 0 Å². The number of aromatic nitrogens is 3. The van der Waals surface area contributed by atoms with Crippen molar-refractivity contribution in [2.75, 3.05) is 0 Å². The molecule has 0 aliphatic heterocycles. The van der Waals surface area contributed by atoms with Crippen LogP contribution >= 0.6 is 0 Å². The van der Waals surface area contributed by atoms with Crippen molar-refractivity contribution in [1.82, 2.24) is 20.3 Å². The third-order valence-electron chi connectivity index (χ3n) is 3.74. The molecule has 112 valence electrons. The Bertz CT molecular complexity index is 636. The van der Waals surface area contributed by atoms with Crippen molar-refractivity contribution in [3.05, 3.63) is 46.8 Å². The molecule has 1 heterocycles. The van der Waals surface area contributed by atoms with Crippen LogP contribution in [0.25, 0.3) is 0 Å². The maximum atomic E-state index is 11.1. The Hall–Kier alpha value is -2.21. The standard InChI is InChI=1S/C15H20N4O2/c1-10-5-4-6-13(11(10)2)14(7-15(20)21)16-8-12-9-17-18-19(12)3/h4-6,9,14,16H,7-8H2,1-3H3,(H,20,21)/t14-/m1/s1. The van der Waals surface area contributed by atoms with Crippen molar-refractivity contribution in [2.45, 2.75) is 32.9 Å². The van der Waals surface area contributed by atoms with E-state index >= 15 is 0 Å². The average molecular weight is 288 g/mol. The molecule has 1 atom stereocenters. The lowest BCUT2D eigenvalue weighted by Crippen LogP contribution is -2.25. The van der Waals surface area contributed by atoms with Gasteiger partial charge < -0.3 is 10.4 Å². The number of carboxylic acid groups (broad SMARTS) is 1. The van der Waals surface area contributed by atoms with Crippen molar-refractivity contribution in [3.63, 3.8) is 0 Å². The maximum absolute atomic E-state index is 11.1. The molecule has 0 unspecified atom stereocenters. The minimum absolute atomic E-state index is 0.0373. The van der Waals surface area contributed by atoms with Crippen molar-refractivity contribution >= 4 is 5.97 Å². The van der Waals surface area contributed by atoms with Gasteiger partial charge >= 0.3 is 5.97 Å². The van der Waals surface area contributed by atoms with Crippen LogP contribution in [0.3, 0.4) is 0 Å². The summed E-state index contributed by atoms with van der Waals surface area (Å²) in [7, 11) is 1.81. The molecule has 0 saturated heterocycles. The number of hydrogen-bond acceptors (Lipinski definition) is 4. The summed E-state index contributed by atoms with van der Waals surface area (Å²) >= 11 is 0. The van der Waals surface area contributed by atoms with Gasteiger partial charge in [0.05, 0.1) is 18.3 Å². The number of nitrogens with one attached hydrogen (secondary N) is 1. The number of carboxylic acids is 1. The van der Waals surface area contributed by atoms with Gasteiger partial charge in [0.2, 0.25) is 0 Å². The third kappa shape index (κ3) is 3.66. The van der Waals surface area contributed by atoms with Crippen LogP contribution < -0.4 is 5.32 Å². The van der Waals surface area contributed by atoms with Gasteiger partial charge in [0.15, 0.2) is 0 Å². The lowest BCUT2D eigenvalue weighted by molar-refractivity contribution is -0.137. The third-order valence-corrected chi connectivity index (χ3v) is 3.74. The van der Waals surface area contributed by atoms with Gasteiger partial charge in [-0.2, -0.15) is 0 Å². The molecule has 2 aromatic rings. The molecule has 21 heavy (non-hydrogen) atoms. The molecule has 0 bridgehead atoms. The molecule has 0 fully saturated rings.